The van der Waals surface area contributed by atoms with Gasteiger partial charge in [-0.3, -0.25) is 19.8 Å². The minimum atomic E-state index is -0.587. The number of amides is 2. The Labute approximate surface area is 96.4 Å². The smallest absolute Gasteiger partial charge is 0.246 e. The Morgan fingerprint density at radius 2 is 2.00 bits per heavy atom. The number of hydrogen-bond acceptors (Lipinski definition) is 4. The van der Waals surface area contributed by atoms with E-state index in [4.69, 9.17) is 5.73 Å². The van der Waals surface area contributed by atoms with Crippen LogP contribution in [0.25, 0.3) is 0 Å². The molecule has 1 aliphatic rings. The Kier molecular flexibility index (Phi) is 4.44. The van der Waals surface area contributed by atoms with Gasteiger partial charge in [0, 0.05) is 0 Å². The molecule has 1 aliphatic heterocycles. The molecule has 5 heteroatoms. The Hall–Kier alpha value is -0.940. The van der Waals surface area contributed by atoms with Gasteiger partial charge in [0.05, 0.1) is 12.1 Å². The van der Waals surface area contributed by atoms with Crippen LogP contribution in [-0.2, 0) is 9.59 Å². The van der Waals surface area contributed by atoms with E-state index in [2.05, 4.69) is 5.32 Å². The molecule has 1 heterocycles. The Morgan fingerprint density at radius 3 is 2.62 bits per heavy atom. The van der Waals surface area contributed by atoms with Crippen molar-refractivity contribution in [3.05, 3.63) is 0 Å². The van der Waals surface area contributed by atoms with Gasteiger partial charge in [0.25, 0.3) is 0 Å². The molecule has 0 radical (unpaired) electrons. The molecule has 2 amide bonds. The van der Waals surface area contributed by atoms with E-state index >= 15 is 0 Å². The number of carbonyl (C=O) groups is 2. The summed E-state index contributed by atoms with van der Waals surface area (Å²) < 4.78 is 0. The predicted molar refractivity (Wildman–Crippen MR) is 61.7 cm³/mol. The van der Waals surface area contributed by atoms with Crippen LogP contribution in [0.3, 0.4) is 0 Å². The predicted octanol–water partition coefficient (Wildman–Crippen LogP) is -0.148. The fraction of sp³-hybridized carbons (Fsp3) is 0.818. The first-order valence-corrected chi connectivity index (χ1v) is 5.78. The van der Waals surface area contributed by atoms with Crippen LogP contribution < -0.4 is 11.1 Å². The summed E-state index contributed by atoms with van der Waals surface area (Å²) in [6.45, 7) is 5.46. The number of rotatable bonds is 5. The molecule has 3 N–H and O–H groups in total. The standard InChI is InChI=1S/C11H21N3O2/c1-11(2)10(16)13-9(15)8-14(11)7-5-3-4-6-12/h3-8,12H2,1-2H3,(H,13,15,16). The van der Waals surface area contributed by atoms with Gasteiger partial charge in [-0.15, -0.1) is 0 Å². The normalized spacial score (nSPS) is 20.9. The SMILES string of the molecule is CC1(C)C(=O)NC(=O)CN1CCCCCN. The van der Waals surface area contributed by atoms with Crippen LogP contribution in [0.5, 0.6) is 0 Å². The van der Waals surface area contributed by atoms with Gasteiger partial charge in [-0.25, -0.2) is 0 Å². The number of unbranched alkanes of at least 4 members (excludes halogenated alkanes) is 2. The lowest BCUT2D eigenvalue weighted by Gasteiger charge is -2.40. The van der Waals surface area contributed by atoms with Gasteiger partial charge in [0.15, 0.2) is 0 Å². The van der Waals surface area contributed by atoms with E-state index in [0.717, 1.165) is 25.8 Å². The molecule has 92 valence electrons. The van der Waals surface area contributed by atoms with Crippen molar-refractivity contribution in [3.63, 3.8) is 0 Å². The van der Waals surface area contributed by atoms with Gasteiger partial charge in [-0.05, 0) is 39.8 Å². The van der Waals surface area contributed by atoms with E-state index in [-0.39, 0.29) is 11.8 Å². The number of imide groups is 1. The summed E-state index contributed by atoms with van der Waals surface area (Å²) in [5.74, 6) is -0.411. The highest BCUT2D eigenvalue weighted by Gasteiger charge is 2.40. The zero-order chi connectivity index (χ0) is 12.2. The van der Waals surface area contributed by atoms with Crippen LogP contribution in [-0.4, -0.2) is 41.9 Å². The molecule has 5 nitrogen and oxygen atoms in total. The van der Waals surface area contributed by atoms with Crippen molar-refractivity contribution < 1.29 is 9.59 Å². The van der Waals surface area contributed by atoms with Crippen molar-refractivity contribution in [1.29, 1.82) is 0 Å². The molecule has 0 unspecified atom stereocenters. The fourth-order valence-corrected chi connectivity index (χ4v) is 1.82. The summed E-state index contributed by atoms with van der Waals surface area (Å²) in [6, 6.07) is 0. The number of nitrogens with zero attached hydrogens (tertiary/aromatic N) is 1. The second-order valence-electron chi connectivity index (χ2n) is 4.71. The molecule has 0 saturated carbocycles. The Morgan fingerprint density at radius 1 is 1.31 bits per heavy atom. The molecule has 0 atom stereocenters. The summed E-state index contributed by atoms with van der Waals surface area (Å²) in [4.78, 5) is 24.8. The number of piperazine rings is 1. The third-order valence-electron chi connectivity index (χ3n) is 3.07. The monoisotopic (exact) mass is 227 g/mol. The van der Waals surface area contributed by atoms with Crippen LogP contribution in [0, 0.1) is 0 Å². The van der Waals surface area contributed by atoms with Crippen LogP contribution >= 0.6 is 0 Å². The molecular weight excluding hydrogens is 206 g/mol. The van der Waals surface area contributed by atoms with Gasteiger partial charge >= 0.3 is 0 Å². The third kappa shape index (κ3) is 3.02. The zero-order valence-electron chi connectivity index (χ0n) is 10.1. The van der Waals surface area contributed by atoms with Crippen LogP contribution in [0.1, 0.15) is 33.1 Å². The summed E-state index contributed by atoms with van der Waals surface area (Å²) >= 11 is 0. The first kappa shape index (κ1) is 13.1. The molecule has 0 aromatic rings. The molecule has 0 bridgehead atoms. The largest absolute Gasteiger partial charge is 0.330 e. The van der Waals surface area contributed by atoms with Crippen molar-refractivity contribution in [2.45, 2.75) is 38.6 Å². The van der Waals surface area contributed by atoms with Crippen molar-refractivity contribution in [2.24, 2.45) is 5.73 Å². The number of nitrogens with one attached hydrogen (secondary N) is 1. The lowest BCUT2D eigenvalue weighted by Crippen LogP contribution is -2.64. The van der Waals surface area contributed by atoms with Crippen molar-refractivity contribution in [1.82, 2.24) is 10.2 Å². The van der Waals surface area contributed by atoms with Crippen LogP contribution in [0.4, 0.5) is 0 Å². The summed E-state index contributed by atoms with van der Waals surface area (Å²) in [5.41, 5.74) is 4.83. The molecule has 0 spiro atoms. The second kappa shape index (κ2) is 5.41. The maximum atomic E-state index is 11.6. The molecule has 16 heavy (non-hydrogen) atoms. The van der Waals surface area contributed by atoms with E-state index in [1.54, 1.807) is 0 Å². The highest BCUT2D eigenvalue weighted by Crippen LogP contribution is 2.18. The Bertz CT molecular complexity index is 276. The average Bonchev–Trinajstić information content (AvgIpc) is 2.20. The molecule has 0 aliphatic carbocycles. The topological polar surface area (TPSA) is 75.4 Å². The third-order valence-corrected chi connectivity index (χ3v) is 3.07. The first-order valence-electron chi connectivity index (χ1n) is 5.78. The summed E-state index contributed by atoms with van der Waals surface area (Å²) in [6.07, 6.45) is 3.01. The first-order chi connectivity index (χ1) is 7.48. The highest BCUT2D eigenvalue weighted by atomic mass is 16.2. The maximum Gasteiger partial charge on any atom is 0.246 e. The Balaban J connectivity index is 2.49. The van der Waals surface area contributed by atoms with Gasteiger partial charge in [-0.2, -0.15) is 0 Å². The van der Waals surface area contributed by atoms with E-state index in [0.29, 0.717) is 13.1 Å². The van der Waals surface area contributed by atoms with Crippen LogP contribution in [0.2, 0.25) is 0 Å². The minimum absolute atomic E-state index is 0.205. The number of nitrogens with two attached hydrogens (primary N) is 1. The van der Waals surface area contributed by atoms with E-state index < -0.39 is 5.54 Å². The molecule has 0 aromatic heterocycles. The second-order valence-corrected chi connectivity index (χ2v) is 4.71. The van der Waals surface area contributed by atoms with Crippen LogP contribution in [0.15, 0.2) is 0 Å². The van der Waals surface area contributed by atoms with Crippen molar-refractivity contribution in [2.75, 3.05) is 19.6 Å². The minimum Gasteiger partial charge on any atom is -0.330 e. The number of carbonyl (C=O) groups excluding carboxylic acids is 2. The summed E-state index contributed by atoms with van der Waals surface area (Å²) in [5, 5.41) is 2.36. The molecule has 1 saturated heterocycles. The average molecular weight is 227 g/mol. The highest BCUT2D eigenvalue weighted by molar-refractivity contribution is 6.02. The van der Waals surface area contributed by atoms with Gasteiger partial charge in [0.1, 0.15) is 0 Å². The van der Waals surface area contributed by atoms with Crippen molar-refractivity contribution >= 4 is 11.8 Å². The van der Waals surface area contributed by atoms with E-state index in [9.17, 15) is 9.59 Å². The lowest BCUT2D eigenvalue weighted by atomic mass is 9.98. The molecular formula is C11H21N3O2. The quantitative estimate of drug-likeness (QED) is 0.506. The van der Waals surface area contributed by atoms with Gasteiger partial charge < -0.3 is 5.73 Å². The lowest BCUT2D eigenvalue weighted by molar-refractivity contribution is -0.145. The molecule has 0 aromatic carbocycles. The van der Waals surface area contributed by atoms with Gasteiger partial charge in [0.2, 0.25) is 11.8 Å². The summed E-state index contributed by atoms with van der Waals surface area (Å²) in [7, 11) is 0. The van der Waals surface area contributed by atoms with E-state index in [1.165, 1.54) is 0 Å². The van der Waals surface area contributed by atoms with Crippen molar-refractivity contribution in [3.8, 4) is 0 Å². The zero-order valence-corrected chi connectivity index (χ0v) is 10.1. The van der Waals surface area contributed by atoms with Gasteiger partial charge in [-0.1, -0.05) is 6.42 Å². The van der Waals surface area contributed by atoms with E-state index in [1.807, 2.05) is 18.7 Å². The fourth-order valence-electron chi connectivity index (χ4n) is 1.82. The molecule has 1 rings (SSSR count). The molecule has 1 fully saturated rings. The number of hydrogen-bond donors (Lipinski definition) is 2. The maximum absolute atomic E-state index is 11.6.